The summed E-state index contributed by atoms with van der Waals surface area (Å²) in [6.45, 7) is 0. The van der Waals surface area contributed by atoms with Crippen molar-refractivity contribution in [2.45, 2.75) is 28.8 Å². The zero-order chi connectivity index (χ0) is 18.1. The molecule has 1 saturated carbocycles. The van der Waals surface area contributed by atoms with Gasteiger partial charge in [-0.1, -0.05) is 6.07 Å². The van der Waals surface area contributed by atoms with E-state index < -0.39 is 15.7 Å². The fourth-order valence-electron chi connectivity index (χ4n) is 2.53. The summed E-state index contributed by atoms with van der Waals surface area (Å²) in [5.41, 5.74) is 1.20. The van der Waals surface area contributed by atoms with Crippen molar-refractivity contribution in [1.82, 2.24) is 20.2 Å². The van der Waals surface area contributed by atoms with Gasteiger partial charge in [-0.05, 0) is 37.1 Å². The van der Waals surface area contributed by atoms with E-state index in [1.165, 1.54) is 42.7 Å². The van der Waals surface area contributed by atoms with Crippen molar-refractivity contribution in [3.63, 3.8) is 0 Å². The second kappa shape index (κ2) is 6.34. The average Bonchev–Trinajstić information content (AvgIpc) is 3.42. The highest BCUT2D eigenvalue weighted by atomic mass is 32.2. The van der Waals surface area contributed by atoms with E-state index >= 15 is 0 Å². The molecule has 132 valence electrons. The molecule has 0 radical (unpaired) electrons. The normalized spacial score (nSPS) is 14.2. The van der Waals surface area contributed by atoms with Gasteiger partial charge in [0.15, 0.2) is 5.82 Å². The molecule has 0 spiro atoms. The van der Waals surface area contributed by atoms with E-state index in [-0.39, 0.29) is 15.6 Å². The monoisotopic (exact) mass is 369 g/mol. The molecular formula is C17H15N5O3S. The number of benzene rings is 1. The van der Waals surface area contributed by atoms with E-state index in [0.29, 0.717) is 11.7 Å². The molecule has 0 bridgehead atoms. The summed E-state index contributed by atoms with van der Waals surface area (Å²) in [7, 11) is -3.89. The molecular weight excluding hydrogens is 354 g/mol. The van der Waals surface area contributed by atoms with Crippen LogP contribution in [-0.2, 0) is 9.84 Å². The Labute approximate surface area is 149 Å². The van der Waals surface area contributed by atoms with Gasteiger partial charge in [-0.2, -0.15) is 5.10 Å². The van der Waals surface area contributed by atoms with Crippen LogP contribution in [-0.4, -0.2) is 34.5 Å². The van der Waals surface area contributed by atoms with Crippen molar-refractivity contribution in [3.05, 3.63) is 60.0 Å². The van der Waals surface area contributed by atoms with E-state index in [1.54, 1.807) is 6.07 Å². The molecule has 9 heteroatoms. The van der Waals surface area contributed by atoms with Gasteiger partial charge in [-0.15, -0.1) is 0 Å². The lowest BCUT2D eigenvalue weighted by molar-refractivity contribution is 0.102. The predicted octanol–water partition coefficient (Wildman–Crippen LogP) is 2.16. The first kappa shape index (κ1) is 16.4. The molecule has 0 aliphatic heterocycles. The zero-order valence-corrected chi connectivity index (χ0v) is 14.4. The standard InChI is InChI=1S/C17H15N5O3S/c23-16(20-15-10-14(21-22-15)11-5-6-11)12-3-1-4-13(9-12)26(24,25)17-18-7-2-8-19-17/h1-4,7-11H,5-6H2,(H2,20,21,22,23). The quantitative estimate of drug-likeness (QED) is 0.666. The zero-order valence-electron chi connectivity index (χ0n) is 13.6. The first-order chi connectivity index (χ1) is 12.5. The van der Waals surface area contributed by atoms with Gasteiger partial charge >= 0.3 is 0 Å². The minimum Gasteiger partial charge on any atom is -0.305 e. The van der Waals surface area contributed by atoms with Gasteiger partial charge in [0.05, 0.1) is 4.90 Å². The number of aromatic nitrogens is 4. The first-order valence-electron chi connectivity index (χ1n) is 8.03. The lowest BCUT2D eigenvalue weighted by Gasteiger charge is -2.06. The van der Waals surface area contributed by atoms with Crippen LogP contribution < -0.4 is 5.32 Å². The first-order valence-corrected chi connectivity index (χ1v) is 9.51. The summed E-state index contributed by atoms with van der Waals surface area (Å²) in [5, 5.41) is 9.34. The van der Waals surface area contributed by atoms with E-state index in [1.807, 2.05) is 0 Å². The van der Waals surface area contributed by atoms with Gasteiger partial charge in [-0.25, -0.2) is 18.4 Å². The summed E-state index contributed by atoms with van der Waals surface area (Å²) in [5.74, 6) is 0.467. The van der Waals surface area contributed by atoms with Gasteiger partial charge in [0, 0.05) is 35.6 Å². The third-order valence-corrected chi connectivity index (χ3v) is 5.61. The highest BCUT2D eigenvalue weighted by Crippen LogP contribution is 2.39. The smallest absolute Gasteiger partial charge is 0.256 e. The van der Waals surface area contributed by atoms with Crippen molar-refractivity contribution in [2.24, 2.45) is 0 Å². The number of nitrogens with zero attached hydrogens (tertiary/aromatic N) is 3. The minimum atomic E-state index is -3.89. The van der Waals surface area contributed by atoms with Crippen LogP contribution in [0.25, 0.3) is 0 Å². The van der Waals surface area contributed by atoms with E-state index in [0.717, 1.165) is 18.5 Å². The molecule has 1 aromatic carbocycles. The topological polar surface area (TPSA) is 118 Å². The fraction of sp³-hybridized carbons (Fsp3) is 0.176. The van der Waals surface area contributed by atoms with Crippen LogP contribution in [0.5, 0.6) is 0 Å². The molecule has 2 heterocycles. The maximum absolute atomic E-state index is 12.6. The Morgan fingerprint density at radius 2 is 1.88 bits per heavy atom. The molecule has 1 amide bonds. The van der Waals surface area contributed by atoms with E-state index in [9.17, 15) is 13.2 Å². The van der Waals surface area contributed by atoms with Gasteiger partial charge in [-0.3, -0.25) is 9.89 Å². The Morgan fingerprint density at radius 3 is 2.62 bits per heavy atom. The van der Waals surface area contributed by atoms with Crippen LogP contribution in [0.4, 0.5) is 5.82 Å². The molecule has 2 aromatic heterocycles. The highest BCUT2D eigenvalue weighted by molar-refractivity contribution is 7.91. The molecule has 1 fully saturated rings. The maximum atomic E-state index is 12.6. The number of nitrogens with one attached hydrogen (secondary N) is 2. The van der Waals surface area contributed by atoms with E-state index in [2.05, 4.69) is 25.5 Å². The molecule has 0 saturated heterocycles. The van der Waals surface area contributed by atoms with Crippen LogP contribution in [0.1, 0.15) is 34.8 Å². The Balaban J connectivity index is 1.57. The molecule has 0 unspecified atom stereocenters. The largest absolute Gasteiger partial charge is 0.305 e. The van der Waals surface area contributed by atoms with Crippen LogP contribution >= 0.6 is 0 Å². The number of amides is 1. The van der Waals surface area contributed by atoms with Crippen LogP contribution in [0.2, 0.25) is 0 Å². The lowest BCUT2D eigenvalue weighted by Crippen LogP contribution is -2.13. The van der Waals surface area contributed by atoms with Crippen LogP contribution in [0.3, 0.4) is 0 Å². The number of carbonyl (C=O) groups is 1. The number of aromatic amines is 1. The molecule has 4 rings (SSSR count). The number of carbonyl (C=O) groups excluding carboxylic acids is 1. The summed E-state index contributed by atoms with van der Waals surface area (Å²) < 4.78 is 25.2. The average molecular weight is 369 g/mol. The fourth-order valence-corrected chi connectivity index (χ4v) is 3.68. The second-order valence-electron chi connectivity index (χ2n) is 6.00. The van der Waals surface area contributed by atoms with Gasteiger partial charge in [0.25, 0.3) is 11.1 Å². The summed E-state index contributed by atoms with van der Waals surface area (Å²) in [6, 6.07) is 9.08. The number of H-pyrrole nitrogens is 1. The number of hydrogen-bond donors (Lipinski definition) is 2. The summed E-state index contributed by atoms with van der Waals surface area (Å²) >= 11 is 0. The van der Waals surface area contributed by atoms with Gasteiger partial charge in [0.2, 0.25) is 9.84 Å². The number of sulfone groups is 1. The Kier molecular flexibility index (Phi) is 4.00. The van der Waals surface area contributed by atoms with Crippen molar-refractivity contribution in [1.29, 1.82) is 0 Å². The molecule has 8 nitrogen and oxygen atoms in total. The van der Waals surface area contributed by atoms with Gasteiger partial charge in [0.1, 0.15) is 0 Å². The van der Waals surface area contributed by atoms with Gasteiger partial charge < -0.3 is 5.32 Å². The van der Waals surface area contributed by atoms with Crippen molar-refractivity contribution in [2.75, 3.05) is 5.32 Å². The molecule has 0 atom stereocenters. The number of hydrogen-bond acceptors (Lipinski definition) is 6. The van der Waals surface area contributed by atoms with Crippen LogP contribution in [0, 0.1) is 0 Å². The van der Waals surface area contributed by atoms with Crippen molar-refractivity contribution >= 4 is 21.6 Å². The SMILES string of the molecule is O=C(Nc1cc(C2CC2)[nH]n1)c1cccc(S(=O)(=O)c2ncccn2)c1. The Hall–Kier alpha value is -3.07. The molecule has 1 aliphatic carbocycles. The molecule has 1 aliphatic rings. The minimum absolute atomic E-state index is 0.0444. The van der Waals surface area contributed by atoms with E-state index in [4.69, 9.17) is 0 Å². The third kappa shape index (κ3) is 3.21. The summed E-state index contributed by atoms with van der Waals surface area (Å²) in [4.78, 5) is 19.9. The van der Waals surface area contributed by atoms with Crippen molar-refractivity contribution < 1.29 is 13.2 Å². The number of anilines is 1. The predicted molar refractivity (Wildman–Crippen MR) is 92.4 cm³/mol. The lowest BCUT2D eigenvalue weighted by atomic mass is 10.2. The highest BCUT2D eigenvalue weighted by Gasteiger charge is 2.26. The molecule has 3 aromatic rings. The molecule has 26 heavy (non-hydrogen) atoms. The summed E-state index contributed by atoms with van der Waals surface area (Å²) in [6.07, 6.45) is 4.95. The number of rotatable bonds is 5. The Bertz CT molecular complexity index is 1060. The maximum Gasteiger partial charge on any atom is 0.256 e. The third-order valence-electron chi connectivity index (χ3n) is 4.05. The van der Waals surface area contributed by atoms with Crippen molar-refractivity contribution in [3.8, 4) is 0 Å². The van der Waals surface area contributed by atoms with Crippen LogP contribution in [0.15, 0.2) is 58.8 Å². The molecule has 2 N–H and O–H groups in total. The Morgan fingerprint density at radius 1 is 1.12 bits per heavy atom. The second-order valence-corrected chi connectivity index (χ2v) is 7.84.